The summed E-state index contributed by atoms with van der Waals surface area (Å²) in [4.78, 5) is 11.8. The first-order valence-corrected chi connectivity index (χ1v) is 7.51. The molecule has 1 amide bonds. The maximum absolute atomic E-state index is 11.8. The molecule has 2 aromatic carbocycles. The summed E-state index contributed by atoms with van der Waals surface area (Å²) in [6.45, 7) is 4.02. The molecule has 2 rings (SSSR count). The number of nitrogens with zero attached hydrogens (tertiary/aromatic N) is 1. The number of carbonyl (C=O) groups is 1. The van der Waals surface area contributed by atoms with Crippen molar-refractivity contribution in [2.24, 2.45) is 5.10 Å². The highest BCUT2D eigenvalue weighted by Crippen LogP contribution is 2.12. The summed E-state index contributed by atoms with van der Waals surface area (Å²) in [5, 5.41) is 7.16. The van der Waals surface area contributed by atoms with Gasteiger partial charge in [0.25, 0.3) is 5.91 Å². The van der Waals surface area contributed by atoms with Gasteiger partial charge in [0.05, 0.1) is 12.3 Å². The van der Waals surface area contributed by atoms with Crippen LogP contribution in [0.2, 0.25) is 0 Å². The molecule has 4 nitrogen and oxygen atoms in total. The highest BCUT2D eigenvalue weighted by molar-refractivity contribution is 5.97. The molecule has 0 saturated carbocycles. The Balaban J connectivity index is 1.81. The molecule has 23 heavy (non-hydrogen) atoms. The van der Waals surface area contributed by atoms with Gasteiger partial charge in [-0.1, -0.05) is 54.6 Å². The summed E-state index contributed by atoms with van der Waals surface area (Å²) in [7, 11) is 0. The topological polar surface area (TPSA) is 53.5 Å². The Labute approximate surface area is 136 Å². The molecule has 0 saturated heterocycles. The van der Waals surface area contributed by atoms with Crippen LogP contribution < -0.4 is 10.7 Å². The molecule has 0 bridgehead atoms. The van der Waals surface area contributed by atoms with Crippen molar-refractivity contribution in [3.05, 3.63) is 71.8 Å². The van der Waals surface area contributed by atoms with E-state index in [2.05, 4.69) is 15.8 Å². The van der Waals surface area contributed by atoms with E-state index in [4.69, 9.17) is 0 Å². The second-order valence-corrected chi connectivity index (χ2v) is 5.20. The Kier molecular flexibility index (Phi) is 6.12. The number of nitrogens with one attached hydrogen (secondary N) is 2. The Hall–Kier alpha value is -2.88. The summed E-state index contributed by atoms with van der Waals surface area (Å²) in [6, 6.07) is 17.8. The zero-order chi connectivity index (χ0) is 16.5. The fourth-order valence-corrected chi connectivity index (χ4v) is 1.96. The van der Waals surface area contributed by atoms with E-state index in [1.54, 1.807) is 0 Å². The average Bonchev–Trinajstić information content (AvgIpc) is 2.58. The van der Waals surface area contributed by atoms with Gasteiger partial charge in [-0.15, -0.1) is 0 Å². The third-order valence-electron chi connectivity index (χ3n) is 3.26. The minimum Gasteiger partial charge on any atom is -0.376 e. The zero-order valence-electron chi connectivity index (χ0n) is 13.4. The molecule has 0 aromatic heterocycles. The van der Waals surface area contributed by atoms with Crippen LogP contribution in [-0.4, -0.2) is 18.2 Å². The number of carbonyl (C=O) groups excluding carboxylic acids is 1. The highest BCUT2D eigenvalue weighted by atomic mass is 16.2. The molecule has 0 aliphatic rings. The van der Waals surface area contributed by atoms with Crippen LogP contribution in [0.3, 0.4) is 0 Å². The standard InChI is InChI=1S/C19H21N3O/c1-15-8-6-7-11-18(15)20-14-19(23)22-21-16(2)12-13-17-9-4-3-5-10-17/h3-13,20H,14H2,1-2H3,(H,22,23)/b13-12+,21-16?. The van der Waals surface area contributed by atoms with E-state index in [1.807, 2.05) is 80.6 Å². The maximum atomic E-state index is 11.8. The number of amides is 1. The highest BCUT2D eigenvalue weighted by Gasteiger charge is 2.01. The van der Waals surface area contributed by atoms with Gasteiger partial charge in [0.1, 0.15) is 0 Å². The van der Waals surface area contributed by atoms with Crippen LogP contribution in [0.4, 0.5) is 5.69 Å². The van der Waals surface area contributed by atoms with Crippen molar-refractivity contribution >= 4 is 23.4 Å². The maximum Gasteiger partial charge on any atom is 0.259 e. The van der Waals surface area contributed by atoms with Crippen molar-refractivity contribution in [1.82, 2.24) is 5.43 Å². The molecule has 0 fully saturated rings. The molecule has 4 heteroatoms. The molecule has 2 aromatic rings. The van der Waals surface area contributed by atoms with Gasteiger partial charge in [0.15, 0.2) is 0 Å². The fourth-order valence-electron chi connectivity index (χ4n) is 1.96. The Morgan fingerprint density at radius 3 is 2.52 bits per heavy atom. The van der Waals surface area contributed by atoms with Gasteiger partial charge in [-0.25, -0.2) is 5.43 Å². The third-order valence-corrected chi connectivity index (χ3v) is 3.26. The average molecular weight is 307 g/mol. The monoisotopic (exact) mass is 307 g/mol. The van der Waals surface area contributed by atoms with Crippen LogP contribution in [0.1, 0.15) is 18.1 Å². The van der Waals surface area contributed by atoms with E-state index in [1.165, 1.54) is 0 Å². The first kappa shape index (κ1) is 16.5. The van der Waals surface area contributed by atoms with Crippen molar-refractivity contribution < 1.29 is 4.79 Å². The molecular weight excluding hydrogens is 286 g/mol. The second-order valence-electron chi connectivity index (χ2n) is 5.20. The smallest absolute Gasteiger partial charge is 0.259 e. The number of benzene rings is 2. The molecule has 0 aliphatic heterocycles. The van der Waals surface area contributed by atoms with Gasteiger partial charge in [-0.05, 0) is 37.1 Å². The largest absolute Gasteiger partial charge is 0.376 e. The molecule has 2 N–H and O–H groups in total. The SMILES string of the molecule is CC(/C=C/c1ccccc1)=NNC(=O)CNc1ccccc1C. The lowest BCUT2D eigenvalue weighted by Crippen LogP contribution is -2.26. The van der Waals surface area contributed by atoms with E-state index >= 15 is 0 Å². The Morgan fingerprint density at radius 2 is 1.78 bits per heavy atom. The quantitative estimate of drug-likeness (QED) is 0.632. The lowest BCUT2D eigenvalue weighted by atomic mass is 10.2. The first-order chi connectivity index (χ1) is 11.1. The lowest BCUT2D eigenvalue weighted by molar-refractivity contribution is -0.119. The molecule has 0 radical (unpaired) electrons. The van der Waals surface area contributed by atoms with E-state index in [0.717, 1.165) is 22.5 Å². The van der Waals surface area contributed by atoms with Crippen molar-refractivity contribution in [3.8, 4) is 0 Å². The summed E-state index contributed by atoms with van der Waals surface area (Å²) in [5.41, 5.74) is 6.42. The van der Waals surface area contributed by atoms with Gasteiger partial charge in [-0.3, -0.25) is 4.79 Å². The van der Waals surface area contributed by atoms with E-state index in [9.17, 15) is 4.79 Å². The van der Waals surface area contributed by atoms with Crippen molar-refractivity contribution in [2.45, 2.75) is 13.8 Å². The first-order valence-electron chi connectivity index (χ1n) is 7.51. The van der Waals surface area contributed by atoms with Crippen LogP contribution in [0.15, 0.2) is 65.8 Å². The van der Waals surface area contributed by atoms with Crippen molar-refractivity contribution in [1.29, 1.82) is 0 Å². The van der Waals surface area contributed by atoms with Gasteiger partial charge in [0.2, 0.25) is 0 Å². The minimum absolute atomic E-state index is 0.180. The normalized spacial score (nSPS) is 11.5. The predicted molar refractivity (Wildman–Crippen MR) is 96.4 cm³/mol. The van der Waals surface area contributed by atoms with Crippen LogP contribution in [0.5, 0.6) is 0 Å². The van der Waals surface area contributed by atoms with Crippen LogP contribution in [0.25, 0.3) is 6.08 Å². The third kappa shape index (κ3) is 5.79. The van der Waals surface area contributed by atoms with Gasteiger partial charge < -0.3 is 5.32 Å². The second kappa shape index (κ2) is 8.54. The zero-order valence-corrected chi connectivity index (χ0v) is 13.4. The molecule has 0 unspecified atom stereocenters. The van der Waals surface area contributed by atoms with Gasteiger partial charge in [0, 0.05) is 5.69 Å². The molecule has 118 valence electrons. The molecule has 0 atom stereocenters. The summed E-state index contributed by atoms with van der Waals surface area (Å²) in [5.74, 6) is -0.180. The number of hydrogen-bond donors (Lipinski definition) is 2. The molecular formula is C19H21N3O. The molecule has 0 heterocycles. The number of rotatable bonds is 6. The Morgan fingerprint density at radius 1 is 1.09 bits per heavy atom. The minimum atomic E-state index is -0.180. The van der Waals surface area contributed by atoms with Crippen molar-refractivity contribution in [2.75, 3.05) is 11.9 Å². The number of aryl methyl sites for hydroxylation is 1. The summed E-state index contributed by atoms with van der Waals surface area (Å²) >= 11 is 0. The number of hydrogen-bond acceptors (Lipinski definition) is 3. The lowest BCUT2D eigenvalue weighted by Gasteiger charge is -2.08. The number of anilines is 1. The fraction of sp³-hybridized carbons (Fsp3) is 0.158. The van der Waals surface area contributed by atoms with Crippen LogP contribution in [-0.2, 0) is 4.79 Å². The van der Waals surface area contributed by atoms with Crippen molar-refractivity contribution in [3.63, 3.8) is 0 Å². The van der Waals surface area contributed by atoms with E-state index < -0.39 is 0 Å². The number of allylic oxidation sites excluding steroid dienone is 1. The molecule has 0 aliphatic carbocycles. The summed E-state index contributed by atoms with van der Waals surface area (Å²) < 4.78 is 0. The number of hydrazone groups is 1. The molecule has 0 spiro atoms. The van der Waals surface area contributed by atoms with E-state index in [-0.39, 0.29) is 12.5 Å². The number of para-hydroxylation sites is 1. The van der Waals surface area contributed by atoms with Crippen LogP contribution in [0, 0.1) is 6.92 Å². The van der Waals surface area contributed by atoms with Gasteiger partial charge >= 0.3 is 0 Å². The predicted octanol–water partition coefficient (Wildman–Crippen LogP) is 3.61. The Bertz CT molecular complexity index is 706. The van der Waals surface area contributed by atoms with Gasteiger partial charge in [-0.2, -0.15) is 5.10 Å². The van der Waals surface area contributed by atoms with Crippen LogP contribution >= 0.6 is 0 Å². The van der Waals surface area contributed by atoms with E-state index in [0.29, 0.717) is 0 Å². The summed E-state index contributed by atoms with van der Waals surface area (Å²) in [6.07, 6.45) is 3.82.